The van der Waals surface area contributed by atoms with Crippen molar-refractivity contribution in [3.8, 4) is 5.75 Å². The zero-order chi connectivity index (χ0) is 16.7. The monoisotopic (exact) mass is 338 g/mol. The van der Waals surface area contributed by atoms with Crippen molar-refractivity contribution in [3.05, 3.63) is 29.8 Å². The minimum atomic E-state index is -3.44. The summed E-state index contributed by atoms with van der Waals surface area (Å²) in [6, 6.07) is 7.96. The number of methoxy groups -OCH3 is 1. The third-order valence-corrected chi connectivity index (χ3v) is 6.98. The van der Waals surface area contributed by atoms with Gasteiger partial charge in [-0.2, -0.15) is 12.7 Å². The first-order valence-electron chi connectivity index (χ1n) is 8.26. The van der Waals surface area contributed by atoms with Gasteiger partial charge in [0.2, 0.25) is 0 Å². The molecule has 0 bridgehead atoms. The van der Waals surface area contributed by atoms with Crippen molar-refractivity contribution >= 4 is 10.2 Å². The normalized spacial score (nSPS) is 21.2. The van der Waals surface area contributed by atoms with Crippen LogP contribution < -0.4 is 9.46 Å². The highest BCUT2D eigenvalue weighted by atomic mass is 32.2. The van der Waals surface area contributed by atoms with Gasteiger partial charge in [0, 0.05) is 30.6 Å². The number of hydrogen-bond acceptors (Lipinski definition) is 3. The van der Waals surface area contributed by atoms with E-state index in [1.165, 1.54) is 4.31 Å². The Labute approximate surface area is 139 Å². The van der Waals surface area contributed by atoms with E-state index in [1.807, 2.05) is 31.2 Å². The SMILES string of the molecule is COc1ccccc1C1(CNS(=O)(=O)N(C)[C@H](C)C2CC2)CC1. The summed E-state index contributed by atoms with van der Waals surface area (Å²) in [6.07, 6.45) is 4.23. The van der Waals surface area contributed by atoms with Gasteiger partial charge < -0.3 is 4.74 Å². The van der Waals surface area contributed by atoms with E-state index >= 15 is 0 Å². The van der Waals surface area contributed by atoms with Gasteiger partial charge in [-0.25, -0.2) is 4.72 Å². The number of para-hydroxylation sites is 1. The molecule has 0 amide bonds. The van der Waals surface area contributed by atoms with Crippen LogP contribution in [0.3, 0.4) is 0 Å². The lowest BCUT2D eigenvalue weighted by Gasteiger charge is -2.26. The summed E-state index contributed by atoms with van der Waals surface area (Å²) >= 11 is 0. The van der Waals surface area contributed by atoms with Crippen molar-refractivity contribution in [2.24, 2.45) is 5.92 Å². The lowest BCUT2D eigenvalue weighted by atomic mass is 9.95. The van der Waals surface area contributed by atoms with E-state index in [4.69, 9.17) is 4.74 Å². The Morgan fingerprint density at radius 3 is 2.57 bits per heavy atom. The van der Waals surface area contributed by atoms with E-state index in [0.717, 1.165) is 37.0 Å². The maximum Gasteiger partial charge on any atom is 0.279 e. The summed E-state index contributed by atoms with van der Waals surface area (Å²) in [7, 11) is -0.111. The van der Waals surface area contributed by atoms with Crippen LogP contribution in [-0.4, -0.2) is 39.5 Å². The van der Waals surface area contributed by atoms with Crippen molar-refractivity contribution in [2.45, 2.75) is 44.1 Å². The fraction of sp³-hybridized carbons (Fsp3) is 0.647. The lowest BCUT2D eigenvalue weighted by Crippen LogP contribution is -2.46. The molecule has 2 saturated carbocycles. The minimum absolute atomic E-state index is 0.0638. The number of nitrogens with zero attached hydrogens (tertiary/aromatic N) is 1. The molecule has 6 heteroatoms. The molecule has 1 atom stereocenters. The summed E-state index contributed by atoms with van der Waals surface area (Å²) in [6.45, 7) is 2.42. The molecule has 23 heavy (non-hydrogen) atoms. The molecule has 0 unspecified atom stereocenters. The van der Waals surface area contributed by atoms with Gasteiger partial charge in [0.25, 0.3) is 10.2 Å². The highest BCUT2D eigenvalue weighted by molar-refractivity contribution is 7.87. The Bertz CT molecular complexity index is 666. The first-order valence-corrected chi connectivity index (χ1v) is 9.70. The second-order valence-electron chi connectivity index (χ2n) is 6.90. The van der Waals surface area contributed by atoms with Crippen LogP contribution in [0.4, 0.5) is 0 Å². The molecular formula is C17H26N2O3S. The molecule has 2 aliphatic carbocycles. The average Bonchev–Trinajstić information content (AvgIpc) is 3.46. The van der Waals surface area contributed by atoms with Crippen LogP contribution in [-0.2, 0) is 15.6 Å². The quantitative estimate of drug-likeness (QED) is 0.791. The average molecular weight is 338 g/mol. The van der Waals surface area contributed by atoms with Crippen LogP contribution in [0.2, 0.25) is 0 Å². The van der Waals surface area contributed by atoms with Crippen molar-refractivity contribution in [1.29, 1.82) is 0 Å². The highest BCUT2D eigenvalue weighted by Crippen LogP contribution is 2.50. The summed E-state index contributed by atoms with van der Waals surface area (Å²) in [5.74, 6) is 1.35. The van der Waals surface area contributed by atoms with Crippen molar-refractivity contribution in [3.63, 3.8) is 0 Å². The predicted molar refractivity (Wildman–Crippen MR) is 90.8 cm³/mol. The Kier molecular flexibility index (Phi) is 4.42. The zero-order valence-electron chi connectivity index (χ0n) is 14.1. The van der Waals surface area contributed by atoms with Crippen molar-refractivity contribution in [1.82, 2.24) is 9.03 Å². The van der Waals surface area contributed by atoms with Gasteiger partial charge in [-0.1, -0.05) is 18.2 Å². The second-order valence-corrected chi connectivity index (χ2v) is 8.72. The third kappa shape index (κ3) is 3.39. The van der Waals surface area contributed by atoms with Gasteiger partial charge in [-0.15, -0.1) is 0 Å². The largest absolute Gasteiger partial charge is 0.496 e. The van der Waals surface area contributed by atoms with Crippen molar-refractivity contribution < 1.29 is 13.2 Å². The fourth-order valence-corrected chi connectivity index (χ4v) is 4.47. The molecule has 1 aromatic carbocycles. The van der Waals surface area contributed by atoms with Gasteiger partial charge in [0.15, 0.2) is 0 Å². The standard InChI is InChI=1S/C17H26N2O3S/c1-13(14-8-9-14)19(2)23(20,21)18-12-17(10-11-17)15-6-4-5-7-16(15)22-3/h4-7,13-14,18H,8-12H2,1-3H3/t13-/m1/s1. The maximum absolute atomic E-state index is 12.5. The number of benzene rings is 1. The maximum atomic E-state index is 12.5. The Morgan fingerprint density at radius 1 is 1.35 bits per heavy atom. The molecule has 0 aliphatic heterocycles. The summed E-state index contributed by atoms with van der Waals surface area (Å²) in [5, 5.41) is 0. The van der Waals surface area contributed by atoms with E-state index in [2.05, 4.69) is 4.72 Å². The highest BCUT2D eigenvalue weighted by Gasteiger charge is 2.47. The summed E-state index contributed by atoms with van der Waals surface area (Å²) in [4.78, 5) is 0. The van der Waals surface area contributed by atoms with Gasteiger partial charge in [0.1, 0.15) is 5.75 Å². The summed E-state index contributed by atoms with van der Waals surface area (Å²) < 4.78 is 34.8. The molecule has 0 spiro atoms. The van der Waals surface area contributed by atoms with E-state index in [-0.39, 0.29) is 11.5 Å². The minimum Gasteiger partial charge on any atom is -0.496 e. The number of ether oxygens (including phenoxy) is 1. The third-order valence-electron chi connectivity index (χ3n) is 5.38. The van der Waals surface area contributed by atoms with Gasteiger partial charge in [0.05, 0.1) is 7.11 Å². The molecule has 0 heterocycles. The van der Waals surface area contributed by atoms with Gasteiger partial charge >= 0.3 is 0 Å². The first-order chi connectivity index (χ1) is 10.9. The molecule has 2 aliphatic rings. The molecule has 5 nitrogen and oxygen atoms in total. The Balaban J connectivity index is 1.69. The number of nitrogens with one attached hydrogen (secondary N) is 1. The van der Waals surface area contributed by atoms with Crippen LogP contribution in [0.1, 0.15) is 38.2 Å². The molecule has 1 N–H and O–H groups in total. The molecule has 0 radical (unpaired) electrons. The Morgan fingerprint density at radius 2 is 2.00 bits per heavy atom. The number of rotatable bonds is 8. The van der Waals surface area contributed by atoms with Crippen LogP contribution in [0, 0.1) is 5.92 Å². The molecule has 1 aromatic rings. The van der Waals surface area contributed by atoms with E-state index in [0.29, 0.717) is 12.5 Å². The van der Waals surface area contributed by atoms with Gasteiger partial charge in [-0.05, 0) is 44.6 Å². The molecule has 128 valence electrons. The number of hydrogen-bond donors (Lipinski definition) is 1. The van der Waals surface area contributed by atoms with Crippen LogP contribution >= 0.6 is 0 Å². The van der Waals surface area contributed by atoms with Crippen LogP contribution in [0.25, 0.3) is 0 Å². The molecule has 2 fully saturated rings. The Hall–Kier alpha value is -1.11. The predicted octanol–water partition coefficient (Wildman–Crippen LogP) is 2.29. The van der Waals surface area contributed by atoms with Gasteiger partial charge in [-0.3, -0.25) is 0 Å². The molecule has 0 saturated heterocycles. The summed E-state index contributed by atoms with van der Waals surface area (Å²) in [5.41, 5.74) is 0.978. The van der Waals surface area contributed by atoms with E-state index < -0.39 is 10.2 Å². The first kappa shape index (κ1) is 16.7. The van der Waals surface area contributed by atoms with Crippen LogP contribution in [0.15, 0.2) is 24.3 Å². The molecule has 0 aromatic heterocycles. The van der Waals surface area contributed by atoms with E-state index in [9.17, 15) is 8.42 Å². The second kappa shape index (κ2) is 6.07. The lowest BCUT2D eigenvalue weighted by molar-refractivity contribution is 0.350. The van der Waals surface area contributed by atoms with Crippen LogP contribution in [0.5, 0.6) is 5.75 Å². The van der Waals surface area contributed by atoms with Crippen molar-refractivity contribution in [2.75, 3.05) is 20.7 Å². The topological polar surface area (TPSA) is 58.6 Å². The fourth-order valence-electron chi connectivity index (χ4n) is 3.20. The molecule has 3 rings (SSSR count). The van der Waals surface area contributed by atoms with E-state index in [1.54, 1.807) is 14.2 Å². The smallest absolute Gasteiger partial charge is 0.279 e. The zero-order valence-corrected chi connectivity index (χ0v) is 14.9. The molecular weight excluding hydrogens is 312 g/mol.